The summed E-state index contributed by atoms with van der Waals surface area (Å²) in [5.41, 5.74) is 1.59. The molecule has 0 amide bonds. The maximum absolute atomic E-state index is 9.97. The van der Waals surface area contributed by atoms with Gasteiger partial charge in [-0.2, -0.15) is 4.98 Å². The normalized spacial score (nSPS) is 10.5. The first-order valence-corrected chi connectivity index (χ1v) is 6.50. The van der Waals surface area contributed by atoms with Crippen molar-refractivity contribution in [2.75, 3.05) is 7.11 Å². The van der Waals surface area contributed by atoms with Crippen LogP contribution in [0.4, 0.5) is 0 Å². The molecular formula is C16H14N2O3. The van der Waals surface area contributed by atoms with Gasteiger partial charge in [0.1, 0.15) is 11.5 Å². The molecule has 106 valence electrons. The minimum absolute atomic E-state index is 0.0456. The van der Waals surface area contributed by atoms with E-state index >= 15 is 0 Å². The van der Waals surface area contributed by atoms with Crippen molar-refractivity contribution in [3.05, 3.63) is 59.9 Å². The number of ether oxygens (including phenoxy) is 1. The Balaban J connectivity index is 1.85. The molecule has 0 aliphatic carbocycles. The summed E-state index contributed by atoms with van der Waals surface area (Å²) in [4.78, 5) is 4.31. The zero-order valence-corrected chi connectivity index (χ0v) is 11.5. The summed E-state index contributed by atoms with van der Waals surface area (Å²) in [5.74, 6) is 1.48. The SMILES string of the molecule is COc1ccc(-c2nc(Cc3ccccc3)no2)c(O)c1. The van der Waals surface area contributed by atoms with Gasteiger partial charge in [0.25, 0.3) is 5.89 Å². The quantitative estimate of drug-likeness (QED) is 0.796. The molecule has 3 rings (SSSR count). The highest BCUT2D eigenvalue weighted by Crippen LogP contribution is 2.31. The van der Waals surface area contributed by atoms with Crippen LogP contribution >= 0.6 is 0 Å². The molecule has 1 aromatic heterocycles. The van der Waals surface area contributed by atoms with Crippen LogP contribution in [0, 0.1) is 0 Å². The van der Waals surface area contributed by atoms with Gasteiger partial charge in [-0.05, 0) is 17.7 Å². The standard InChI is InChI=1S/C16H14N2O3/c1-20-12-7-8-13(14(19)10-12)16-17-15(18-21-16)9-11-5-3-2-4-6-11/h2-8,10,19H,9H2,1H3. The lowest BCUT2D eigenvalue weighted by Gasteiger charge is -2.02. The number of hydrogen-bond donors (Lipinski definition) is 1. The molecule has 1 heterocycles. The third-order valence-electron chi connectivity index (χ3n) is 3.11. The number of phenolic OH excluding ortho intramolecular Hbond substituents is 1. The van der Waals surface area contributed by atoms with E-state index in [1.807, 2.05) is 30.3 Å². The van der Waals surface area contributed by atoms with Gasteiger partial charge in [-0.1, -0.05) is 35.5 Å². The lowest BCUT2D eigenvalue weighted by molar-refractivity contribution is 0.404. The summed E-state index contributed by atoms with van der Waals surface area (Å²) in [6.45, 7) is 0. The number of methoxy groups -OCH3 is 1. The Hall–Kier alpha value is -2.82. The molecule has 0 saturated carbocycles. The Morgan fingerprint density at radius 1 is 1.14 bits per heavy atom. The van der Waals surface area contributed by atoms with Crippen molar-refractivity contribution in [2.45, 2.75) is 6.42 Å². The second-order valence-corrected chi connectivity index (χ2v) is 4.56. The molecule has 0 aliphatic heterocycles. The molecule has 0 unspecified atom stereocenters. The molecule has 2 aromatic carbocycles. The van der Waals surface area contributed by atoms with Gasteiger partial charge in [-0.25, -0.2) is 0 Å². The Morgan fingerprint density at radius 3 is 2.67 bits per heavy atom. The highest BCUT2D eigenvalue weighted by molar-refractivity contribution is 5.63. The van der Waals surface area contributed by atoms with Crippen molar-refractivity contribution in [1.29, 1.82) is 0 Å². The molecule has 0 bridgehead atoms. The number of aromatic hydroxyl groups is 1. The summed E-state index contributed by atoms with van der Waals surface area (Å²) in [6, 6.07) is 14.8. The maximum Gasteiger partial charge on any atom is 0.261 e. The van der Waals surface area contributed by atoms with E-state index in [1.54, 1.807) is 19.2 Å². The Kier molecular flexibility index (Phi) is 3.55. The van der Waals surface area contributed by atoms with E-state index in [4.69, 9.17) is 9.26 Å². The highest BCUT2D eigenvalue weighted by atomic mass is 16.5. The zero-order chi connectivity index (χ0) is 14.7. The van der Waals surface area contributed by atoms with Crippen molar-refractivity contribution >= 4 is 0 Å². The monoisotopic (exact) mass is 282 g/mol. The van der Waals surface area contributed by atoms with Crippen molar-refractivity contribution < 1.29 is 14.4 Å². The molecule has 3 aromatic rings. The average molecular weight is 282 g/mol. The van der Waals surface area contributed by atoms with Gasteiger partial charge < -0.3 is 14.4 Å². The predicted molar refractivity (Wildman–Crippen MR) is 77.2 cm³/mol. The van der Waals surface area contributed by atoms with Gasteiger partial charge in [-0.15, -0.1) is 0 Å². The Labute approximate surface area is 121 Å². The molecule has 0 fully saturated rings. The van der Waals surface area contributed by atoms with E-state index < -0.39 is 0 Å². The number of aromatic nitrogens is 2. The van der Waals surface area contributed by atoms with Crippen molar-refractivity contribution in [3.63, 3.8) is 0 Å². The second kappa shape index (κ2) is 5.66. The van der Waals surface area contributed by atoms with Crippen LogP contribution in [0.15, 0.2) is 53.1 Å². The Bertz CT molecular complexity index is 738. The van der Waals surface area contributed by atoms with E-state index in [9.17, 15) is 5.11 Å². The van der Waals surface area contributed by atoms with E-state index in [1.165, 1.54) is 6.07 Å². The third kappa shape index (κ3) is 2.86. The van der Waals surface area contributed by atoms with E-state index in [2.05, 4.69) is 10.1 Å². The van der Waals surface area contributed by atoms with Crippen molar-refractivity contribution in [3.8, 4) is 23.0 Å². The summed E-state index contributed by atoms with van der Waals surface area (Å²) >= 11 is 0. The summed E-state index contributed by atoms with van der Waals surface area (Å²) in [6.07, 6.45) is 0.585. The average Bonchev–Trinajstić information content (AvgIpc) is 2.96. The molecule has 5 heteroatoms. The molecular weight excluding hydrogens is 268 g/mol. The first-order chi connectivity index (χ1) is 10.3. The first kappa shape index (κ1) is 13.2. The van der Waals surface area contributed by atoms with Crippen LogP contribution < -0.4 is 4.74 Å². The third-order valence-corrected chi connectivity index (χ3v) is 3.11. The van der Waals surface area contributed by atoms with Gasteiger partial charge in [0.2, 0.25) is 0 Å². The molecule has 5 nitrogen and oxygen atoms in total. The van der Waals surface area contributed by atoms with Crippen LogP contribution in [0.3, 0.4) is 0 Å². The zero-order valence-electron chi connectivity index (χ0n) is 11.5. The smallest absolute Gasteiger partial charge is 0.261 e. The van der Waals surface area contributed by atoms with Crippen molar-refractivity contribution in [1.82, 2.24) is 10.1 Å². The number of benzene rings is 2. The van der Waals surface area contributed by atoms with Crippen LogP contribution in [0.25, 0.3) is 11.5 Å². The molecule has 0 atom stereocenters. The maximum atomic E-state index is 9.97. The van der Waals surface area contributed by atoms with Gasteiger partial charge >= 0.3 is 0 Å². The predicted octanol–water partition coefficient (Wildman–Crippen LogP) is 3.04. The lowest BCUT2D eigenvalue weighted by atomic mass is 10.1. The minimum atomic E-state index is 0.0456. The first-order valence-electron chi connectivity index (χ1n) is 6.50. The topological polar surface area (TPSA) is 68.4 Å². The lowest BCUT2D eigenvalue weighted by Crippen LogP contribution is -1.90. The molecule has 0 radical (unpaired) electrons. The molecule has 0 spiro atoms. The number of phenols is 1. The molecule has 0 saturated heterocycles. The van der Waals surface area contributed by atoms with Crippen LogP contribution in [-0.2, 0) is 6.42 Å². The number of nitrogens with zero attached hydrogens (tertiary/aromatic N) is 2. The summed E-state index contributed by atoms with van der Waals surface area (Å²) in [7, 11) is 1.54. The van der Waals surface area contributed by atoms with E-state index in [-0.39, 0.29) is 5.75 Å². The van der Waals surface area contributed by atoms with Crippen LogP contribution in [0.5, 0.6) is 11.5 Å². The fourth-order valence-electron chi connectivity index (χ4n) is 2.03. The largest absolute Gasteiger partial charge is 0.507 e. The summed E-state index contributed by atoms with van der Waals surface area (Å²) in [5, 5.41) is 13.9. The number of rotatable bonds is 4. The highest BCUT2D eigenvalue weighted by Gasteiger charge is 2.13. The fraction of sp³-hybridized carbons (Fsp3) is 0.125. The second-order valence-electron chi connectivity index (χ2n) is 4.56. The van der Waals surface area contributed by atoms with Gasteiger partial charge in [0.05, 0.1) is 12.7 Å². The summed E-state index contributed by atoms with van der Waals surface area (Å²) < 4.78 is 10.3. The number of hydrogen-bond acceptors (Lipinski definition) is 5. The Morgan fingerprint density at radius 2 is 1.95 bits per heavy atom. The molecule has 21 heavy (non-hydrogen) atoms. The van der Waals surface area contributed by atoms with Gasteiger partial charge in [0, 0.05) is 12.5 Å². The van der Waals surface area contributed by atoms with Crippen molar-refractivity contribution in [2.24, 2.45) is 0 Å². The van der Waals surface area contributed by atoms with Crippen LogP contribution in [-0.4, -0.2) is 22.4 Å². The van der Waals surface area contributed by atoms with Gasteiger partial charge in [0.15, 0.2) is 5.82 Å². The van der Waals surface area contributed by atoms with E-state index in [0.717, 1.165) is 5.56 Å². The fourth-order valence-corrected chi connectivity index (χ4v) is 2.03. The van der Waals surface area contributed by atoms with Crippen LogP contribution in [0.1, 0.15) is 11.4 Å². The minimum Gasteiger partial charge on any atom is -0.507 e. The van der Waals surface area contributed by atoms with Crippen LogP contribution in [0.2, 0.25) is 0 Å². The van der Waals surface area contributed by atoms with E-state index in [0.29, 0.717) is 29.4 Å². The van der Waals surface area contributed by atoms with Gasteiger partial charge in [-0.3, -0.25) is 0 Å². The molecule has 1 N–H and O–H groups in total. The molecule has 0 aliphatic rings.